The molecule has 1 atom stereocenters. The van der Waals surface area contributed by atoms with Gasteiger partial charge in [-0.25, -0.2) is 0 Å². The van der Waals surface area contributed by atoms with Gasteiger partial charge in [-0.3, -0.25) is 14.4 Å². The van der Waals surface area contributed by atoms with Crippen molar-refractivity contribution in [1.82, 2.24) is 15.5 Å². The lowest BCUT2D eigenvalue weighted by atomic mass is 9.97. The number of carbonyl (C=O) groups is 3. The third-order valence-corrected chi connectivity index (χ3v) is 5.24. The van der Waals surface area contributed by atoms with E-state index in [0.717, 1.165) is 36.8 Å². The van der Waals surface area contributed by atoms with Crippen LogP contribution in [0.25, 0.3) is 0 Å². The van der Waals surface area contributed by atoms with Crippen LogP contribution >= 0.6 is 0 Å². The zero-order chi connectivity index (χ0) is 18.7. The highest BCUT2D eigenvalue weighted by atomic mass is 16.2. The summed E-state index contributed by atoms with van der Waals surface area (Å²) in [4.78, 5) is 38.6. The molecule has 0 bridgehead atoms. The maximum Gasteiger partial charge on any atom is 0.251 e. The van der Waals surface area contributed by atoms with Crippen LogP contribution in [0.3, 0.4) is 0 Å². The van der Waals surface area contributed by atoms with Gasteiger partial charge in [0.1, 0.15) is 0 Å². The van der Waals surface area contributed by atoms with Crippen LogP contribution < -0.4 is 10.6 Å². The number of nitrogens with one attached hydrogen (secondary N) is 2. The van der Waals surface area contributed by atoms with Crippen molar-refractivity contribution in [3.8, 4) is 0 Å². The van der Waals surface area contributed by atoms with E-state index in [0.29, 0.717) is 24.7 Å². The molecule has 1 saturated carbocycles. The van der Waals surface area contributed by atoms with Gasteiger partial charge in [0.15, 0.2) is 0 Å². The highest BCUT2D eigenvalue weighted by molar-refractivity contribution is 5.96. The highest BCUT2D eigenvalue weighted by Crippen LogP contribution is 2.22. The Labute approximate surface area is 154 Å². The first-order chi connectivity index (χ1) is 12.4. The Bertz CT molecular complexity index is 712. The second-order valence-electron chi connectivity index (χ2n) is 7.44. The zero-order valence-electron chi connectivity index (χ0n) is 15.5. The molecule has 140 valence electrons. The van der Waals surface area contributed by atoms with Crippen LogP contribution in [0.2, 0.25) is 0 Å². The zero-order valence-corrected chi connectivity index (χ0v) is 15.5. The monoisotopic (exact) mass is 357 g/mol. The largest absolute Gasteiger partial charge is 0.353 e. The van der Waals surface area contributed by atoms with E-state index in [1.54, 1.807) is 11.0 Å². The molecule has 1 aliphatic carbocycles. The van der Waals surface area contributed by atoms with Crippen LogP contribution in [0, 0.1) is 19.8 Å². The van der Waals surface area contributed by atoms with Crippen molar-refractivity contribution in [3.05, 3.63) is 34.9 Å². The van der Waals surface area contributed by atoms with Gasteiger partial charge in [-0.2, -0.15) is 0 Å². The van der Waals surface area contributed by atoms with Gasteiger partial charge >= 0.3 is 0 Å². The van der Waals surface area contributed by atoms with Crippen molar-refractivity contribution >= 4 is 17.7 Å². The molecule has 6 nitrogen and oxygen atoms in total. The summed E-state index contributed by atoms with van der Waals surface area (Å²) in [5.41, 5.74) is 2.73. The van der Waals surface area contributed by atoms with Gasteiger partial charge in [-0.15, -0.1) is 0 Å². The van der Waals surface area contributed by atoms with Gasteiger partial charge in [0.2, 0.25) is 11.8 Å². The van der Waals surface area contributed by atoms with E-state index in [-0.39, 0.29) is 30.2 Å². The molecule has 26 heavy (non-hydrogen) atoms. The molecular weight excluding hydrogens is 330 g/mol. The minimum Gasteiger partial charge on any atom is -0.353 e. The van der Waals surface area contributed by atoms with Gasteiger partial charge in [-0.05, 0) is 62.8 Å². The van der Waals surface area contributed by atoms with E-state index < -0.39 is 0 Å². The van der Waals surface area contributed by atoms with E-state index in [2.05, 4.69) is 10.6 Å². The summed E-state index contributed by atoms with van der Waals surface area (Å²) in [6.07, 6.45) is 3.76. The molecule has 6 heteroatoms. The molecule has 3 amide bonds. The van der Waals surface area contributed by atoms with Crippen molar-refractivity contribution in [2.75, 3.05) is 19.6 Å². The van der Waals surface area contributed by atoms with Crippen LogP contribution in [0.5, 0.6) is 0 Å². The number of benzene rings is 1. The lowest BCUT2D eigenvalue weighted by Crippen LogP contribution is -2.48. The molecule has 2 fully saturated rings. The SMILES string of the molecule is Cc1ccc(C(=O)NCC(=O)N2CCCC(C(=O)NC3CC3)C2)cc1C. The first-order valence-corrected chi connectivity index (χ1v) is 9.37. The molecule has 2 aliphatic rings. The fraction of sp³-hybridized carbons (Fsp3) is 0.550. The molecule has 1 saturated heterocycles. The van der Waals surface area contributed by atoms with E-state index in [1.165, 1.54) is 0 Å². The van der Waals surface area contributed by atoms with Crippen LogP contribution in [-0.4, -0.2) is 48.3 Å². The number of carbonyl (C=O) groups excluding carboxylic acids is 3. The number of rotatable bonds is 5. The Balaban J connectivity index is 1.49. The Hall–Kier alpha value is -2.37. The number of aryl methyl sites for hydroxylation is 2. The summed E-state index contributed by atoms with van der Waals surface area (Å²) in [6.45, 7) is 5.00. The van der Waals surface area contributed by atoms with Gasteiger partial charge in [0, 0.05) is 24.7 Å². The highest BCUT2D eigenvalue weighted by Gasteiger charge is 2.31. The molecule has 3 rings (SSSR count). The molecular formula is C20H27N3O3. The average Bonchev–Trinajstić information content (AvgIpc) is 3.45. The topological polar surface area (TPSA) is 78.5 Å². The minimum atomic E-state index is -0.249. The summed E-state index contributed by atoms with van der Waals surface area (Å²) < 4.78 is 0. The Morgan fingerprint density at radius 1 is 1.12 bits per heavy atom. The van der Waals surface area contributed by atoms with Crippen molar-refractivity contribution in [1.29, 1.82) is 0 Å². The van der Waals surface area contributed by atoms with Gasteiger partial charge in [-0.1, -0.05) is 6.07 Å². The Morgan fingerprint density at radius 2 is 1.88 bits per heavy atom. The maximum absolute atomic E-state index is 12.4. The molecule has 1 aromatic carbocycles. The number of hydrogen-bond acceptors (Lipinski definition) is 3. The third-order valence-electron chi connectivity index (χ3n) is 5.24. The minimum absolute atomic E-state index is 0.0390. The van der Waals surface area contributed by atoms with Gasteiger partial charge < -0.3 is 15.5 Å². The fourth-order valence-electron chi connectivity index (χ4n) is 3.22. The predicted molar refractivity (Wildman–Crippen MR) is 98.7 cm³/mol. The number of nitrogens with zero attached hydrogens (tertiary/aromatic N) is 1. The molecule has 1 heterocycles. The second-order valence-corrected chi connectivity index (χ2v) is 7.44. The molecule has 0 radical (unpaired) electrons. The van der Waals surface area contributed by atoms with Crippen molar-refractivity contribution in [2.45, 2.75) is 45.6 Å². The standard InChI is InChI=1S/C20H27N3O3/c1-13-5-6-15(10-14(13)2)19(25)21-11-18(24)23-9-3-4-16(12-23)20(26)22-17-7-8-17/h5-6,10,16-17H,3-4,7-9,11-12H2,1-2H3,(H,21,25)(H,22,26). The molecule has 1 aromatic rings. The van der Waals surface area contributed by atoms with Crippen molar-refractivity contribution < 1.29 is 14.4 Å². The van der Waals surface area contributed by atoms with E-state index >= 15 is 0 Å². The summed E-state index contributed by atoms with van der Waals surface area (Å²) >= 11 is 0. The van der Waals surface area contributed by atoms with E-state index in [1.807, 2.05) is 26.0 Å². The normalized spacial score (nSPS) is 19.8. The van der Waals surface area contributed by atoms with Crippen LogP contribution in [0.4, 0.5) is 0 Å². The number of hydrogen-bond donors (Lipinski definition) is 2. The van der Waals surface area contributed by atoms with Crippen LogP contribution in [-0.2, 0) is 9.59 Å². The fourth-order valence-corrected chi connectivity index (χ4v) is 3.22. The van der Waals surface area contributed by atoms with Crippen molar-refractivity contribution in [3.63, 3.8) is 0 Å². The van der Waals surface area contributed by atoms with Gasteiger partial charge in [0.05, 0.1) is 12.5 Å². The van der Waals surface area contributed by atoms with Crippen LogP contribution in [0.1, 0.15) is 47.2 Å². The molecule has 0 aromatic heterocycles. The van der Waals surface area contributed by atoms with Gasteiger partial charge in [0.25, 0.3) is 5.91 Å². The number of amides is 3. The smallest absolute Gasteiger partial charge is 0.251 e. The molecule has 0 spiro atoms. The molecule has 1 aliphatic heterocycles. The summed E-state index contributed by atoms with van der Waals surface area (Å²) in [5, 5.41) is 5.72. The number of piperidine rings is 1. The maximum atomic E-state index is 12.4. The average molecular weight is 357 g/mol. The summed E-state index contributed by atoms with van der Waals surface area (Å²) in [7, 11) is 0. The Morgan fingerprint density at radius 3 is 2.58 bits per heavy atom. The molecule has 2 N–H and O–H groups in total. The predicted octanol–water partition coefficient (Wildman–Crippen LogP) is 1.55. The first kappa shape index (κ1) is 18.4. The second kappa shape index (κ2) is 7.89. The van der Waals surface area contributed by atoms with Crippen molar-refractivity contribution in [2.24, 2.45) is 5.92 Å². The Kier molecular flexibility index (Phi) is 5.59. The summed E-state index contributed by atoms with van der Waals surface area (Å²) in [5.74, 6) is -0.458. The van der Waals surface area contributed by atoms with E-state index in [9.17, 15) is 14.4 Å². The first-order valence-electron chi connectivity index (χ1n) is 9.37. The van der Waals surface area contributed by atoms with Crippen LogP contribution in [0.15, 0.2) is 18.2 Å². The van der Waals surface area contributed by atoms with E-state index in [4.69, 9.17) is 0 Å². The quantitative estimate of drug-likeness (QED) is 0.839. The lowest BCUT2D eigenvalue weighted by Gasteiger charge is -2.32. The third kappa shape index (κ3) is 4.62. The number of likely N-dealkylation sites (tertiary alicyclic amines) is 1. The summed E-state index contributed by atoms with van der Waals surface area (Å²) in [6, 6.07) is 5.83. The molecule has 1 unspecified atom stereocenters. The lowest BCUT2D eigenvalue weighted by molar-refractivity contribution is -0.134.